The summed E-state index contributed by atoms with van der Waals surface area (Å²) in [5.74, 6) is 0.313. The Kier molecular flexibility index (Phi) is 6.40. The van der Waals surface area contributed by atoms with Crippen molar-refractivity contribution < 1.29 is 23.5 Å². The molecular formula is C23H27N4O6P. The molecule has 0 unspecified atom stereocenters. The van der Waals surface area contributed by atoms with Crippen molar-refractivity contribution in [1.29, 1.82) is 0 Å². The van der Waals surface area contributed by atoms with E-state index < -0.39 is 12.6 Å². The van der Waals surface area contributed by atoms with Crippen LogP contribution in [0.1, 0.15) is 35.2 Å². The molecule has 3 aliphatic heterocycles. The molecule has 3 aliphatic rings. The first-order valence-corrected chi connectivity index (χ1v) is 13.1. The van der Waals surface area contributed by atoms with Crippen LogP contribution in [-0.4, -0.2) is 64.3 Å². The van der Waals surface area contributed by atoms with Gasteiger partial charge in [-0.05, 0) is 55.2 Å². The highest BCUT2D eigenvalue weighted by Crippen LogP contribution is 2.61. The molecule has 0 atom stereocenters. The van der Waals surface area contributed by atoms with E-state index in [4.69, 9.17) is 9.26 Å². The van der Waals surface area contributed by atoms with Gasteiger partial charge in [0.2, 0.25) is 5.75 Å². The van der Waals surface area contributed by atoms with Crippen molar-refractivity contribution in [2.75, 3.05) is 39.3 Å². The molecule has 34 heavy (non-hydrogen) atoms. The number of carbonyl (C=O) groups is 1. The van der Waals surface area contributed by atoms with Crippen LogP contribution in [0.5, 0.6) is 11.5 Å². The van der Waals surface area contributed by atoms with Gasteiger partial charge in [0.1, 0.15) is 5.75 Å². The van der Waals surface area contributed by atoms with Gasteiger partial charge in [-0.15, -0.1) is 0 Å². The van der Waals surface area contributed by atoms with E-state index >= 15 is 0 Å². The molecule has 0 spiro atoms. The van der Waals surface area contributed by atoms with Gasteiger partial charge in [0.15, 0.2) is 0 Å². The predicted octanol–water partition coefficient (Wildman–Crippen LogP) is 4.27. The van der Waals surface area contributed by atoms with Gasteiger partial charge in [-0.3, -0.25) is 19.5 Å². The fraction of sp³-hybridized carbons (Fsp3) is 0.435. The minimum absolute atomic E-state index is 0.0435. The highest BCUT2D eigenvalue weighted by atomic mass is 31.2. The topological polar surface area (TPSA) is 105 Å². The number of carbonyl (C=O) groups excluding carboxylic acids is 1. The number of nitrogens with zero attached hydrogens (tertiary/aromatic N) is 4. The quantitative estimate of drug-likeness (QED) is 0.224. The molecule has 3 fully saturated rings. The van der Waals surface area contributed by atoms with E-state index in [0.717, 1.165) is 58.5 Å². The third-order valence-electron chi connectivity index (χ3n) is 6.13. The van der Waals surface area contributed by atoms with Crippen LogP contribution >= 0.6 is 7.67 Å². The second-order valence-corrected chi connectivity index (χ2v) is 11.1. The van der Waals surface area contributed by atoms with Crippen LogP contribution in [0.4, 0.5) is 5.69 Å². The highest BCUT2D eigenvalue weighted by Gasteiger charge is 2.49. The summed E-state index contributed by atoms with van der Waals surface area (Å²) in [5.41, 5.74) is 0.904. The van der Waals surface area contributed by atoms with Gasteiger partial charge in [-0.2, -0.15) is 0 Å². The lowest BCUT2D eigenvalue weighted by atomic mass is 10.1. The average Bonchev–Trinajstić information content (AvgIpc) is 3.75. The summed E-state index contributed by atoms with van der Waals surface area (Å²) < 4.78 is 28.5. The van der Waals surface area contributed by atoms with Crippen molar-refractivity contribution >= 4 is 19.3 Å². The van der Waals surface area contributed by atoms with Crippen LogP contribution in [-0.2, 0) is 15.7 Å². The molecule has 0 bridgehead atoms. The van der Waals surface area contributed by atoms with Crippen molar-refractivity contribution in [3.05, 3.63) is 63.7 Å². The van der Waals surface area contributed by atoms with E-state index in [9.17, 15) is 19.5 Å². The smallest absolute Gasteiger partial charge is 0.346 e. The van der Waals surface area contributed by atoms with Gasteiger partial charge in [0.25, 0.3) is 5.91 Å². The Labute approximate surface area is 197 Å². The summed E-state index contributed by atoms with van der Waals surface area (Å²) in [7, 11) is -3.00. The number of piperidine rings is 1. The number of amides is 1. The molecular weight excluding hydrogens is 459 g/mol. The second kappa shape index (κ2) is 9.46. The Morgan fingerprint density at radius 1 is 0.971 bits per heavy atom. The largest absolute Gasteiger partial charge is 0.450 e. The zero-order valence-electron chi connectivity index (χ0n) is 18.8. The Balaban J connectivity index is 1.33. The monoisotopic (exact) mass is 486 g/mol. The molecule has 2 aromatic carbocycles. The van der Waals surface area contributed by atoms with Gasteiger partial charge < -0.3 is 14.2 Å². The zero-order chi connectivity index (χ0) is 23.7. The third-order valence-corrected chi connectivity index (χ3v) is 8.83. The normalized spacial score (nSPS) is 18.5. The lowest BCUT2D eigenvalue weighted by Crippen LogP contribution is -2.35. The number of hydrogen-bond donors (Lipinski definition) is 0. The lowest BCUT2D eigenvalue weighted by molar-refractivity contribution is -0.385. The molecule has 0 radical (unpaired) electrons. The molecule has 2 aromatic rings. The lowest BCUT2D eigenvalue weighted by Gasteiger charge is -2.26. The van der Waals surface area contributed by atoms with E-state index in [1.165, 1.54) is 12.1 Å². The van der Waals surface area contributed by atoms with E-state index in [-0.39, 0.29) is 24.0 Å². The summed E-state index contributed by atoms with van der Waals surface area (Å²) >= 11 is 0. The van der Waals surface area contributed by atoms with Crippen LogP contribution in [0, 0.1) is 10.1 Å². The molecule has 1 amide bonds. The number of nitro benzene ring substituents is 1. The summed E-state index contributed by atoms with van der Waals surface area (Å²) in [5, 5.41) is 11.6. The first-order chi connectivity index (χ1) is 16.4. The molecule has 0 saturated carbocycles. The summed E-state index contributed by atoms with van der Waals surface area (Å²) in [6, 6.07) is 11.2. The van der Waals surface area contributed by atoms with Gasteiger partial charge in [-0.25, -0.2) is 9.34 Å². The van der Waals surface area contributed by atoms with E-state index in [0.29, 0.717) is 16.9 Å². The van der Waals surface area contributed by atoms with Crippen LogP contribution in [0.25, 0.3) is 0 Å². The van der Waals surface area contributed by atoms with Crippen LogP contribution in [0.3, 0.4) is 0 Å². The SMILES string of the molecule is O=C(c1cccc(Oc2cc(COP(=O)(N3CC3)N3CC3)ccc2[N+](=O)[O-])c1)N1CCCCC1. The summed E-state index contributed by atoms with van der Waals surface area (Å²) in [6.45, 7) is 4.49. The van der Waals surface area contributed by atoms with E-state index in [1.54, 1.807) is 30.3 Å². The standard InChI is InChI=1S/C23H27N4O6P/c28-23(24-9-2-1-3-10-24)19-5-4-6-20(16-19)33-22-15-18(7-8-21(22)27(29)30)17-32-34(31,25-11-12-25)26-13-14-26/h4-8,15-16H,1-3,9-14,17H2. The molecule has 180 valence electrons. The third kappa shape index (κ3) is 5.00. The molecule has 3 heterocycles. The first-order valence-electron chi connectivity index (χ1n) is 11.5. The maximum Gasteiger partial charge on any atom is 0.346 e. The number of benzene rings is 2. The molecule has 0 aliphatic carbocycles. The maximum absolute atomic E-state index is 13.1. The molecule has 11 heteroatoms. The fourth-order valence-electron chi connectivity index (χ4n) is 4.08. The average molecular weight is 486 g/mol. The minimum Gasteiger partial charge on any atom is -0.450 e. The first kappa shape index (κ1) is 23.0. The Hall–Kier alpha value is -2.78. The van der Waals surface area contributed by atoms with E-state index in [1.807, 2.05) is 14.2 Å². The zero-order valence-corrected chi connectivity index (χ0v) is 19.7. The van der Waals surface area contributed by atoms with Crippen molar-refractivity contribution in [2.45, 2.75) is 25.9 Å². The van der Waals surface area contributed by atoms with Gasteiger partial charge in [0, 0.05) is 50.9 Å². The molecule has 10 nitrogen and oxygen atoms in total. The Morgan fingerprint density at radius 3 is 2.32 bits per heavy atom. The Bertz CT molecular complexity index is 1130. The number of nitro groups is 1. The van der Waals surface area contributed by atoms with Crippen molar-refractivity contribution in [2.24, 2.45) is 0 Å². The van der Waals surface area contributed by atoms with Gasteiger partial charge in [-0.1, -0.05) is 6.07 Å². The summed E-state index contributed by atoms with van der Waals surface area (Å²) in [4.78, 5) is 25.7. The minimum atomic E-state index is -3.00. The molecule has 0 aromatic heterocycles. The maximum atomic E-state index is 13.1. The second-order valence-electron chi connectivity index (χ2n) is 8.71. The fourth-order valence-corrected chi connectivity index (χ4v) is 6.27. The van der Waals surface area contributed by atoms with Crippen LogP contribution in [0.15, 0.2) is 42.5 Å². The van der Waals surface area contributed by atoms with Crippen molar-refractivity contribution in [3.8, 4) is 11.5 Å². The van der Waals surface area contributed by atoms with Crippen molar-refractivity contribution in [1.82, 2.24) is 14.2 Å². The number of hydrogen-bond acceptors (Lipinski definition) is 6. The van der Waals surface area contributed by atoms with E-state index in [2.05, 4.69) is 0 Å². The van der Waals surface area contributed by atoms with Gasteiger partial charge >= 0.3 is 13.4 Å². The number of likely N-dealkylation sites (tertiary alicyclic amines) is 1. The van der Waals surface area contributed by atoms with Gasteiger partial charge in [0.05, 0.1) is 11.5 Å². The van der Waals surface area contributed by atoms with Crippen LogP contribution < -0.4 is 4.74 Å². The van der Waals surface area contributed by atoms with Crippen LogP contribution in [0.2, 0.25) is 0 Å². The van der Waals surface area contributed by atoms with Crippen molar-refractivity contribution in [3.63, 3.8) is 0 Å². The highest BCUT2D eigenvalue weighted by molar-refractivity contribution is 7.54. The molecule has 5 rings (SSSR count). The molecule has 0 N–H and O–H groups in total. The number of ether oxygens (including phenoxy) is 1. The molecule has 3 saturated heterocycles. The Morgan fingerprint density at radius 2 is 1.68 bits per heavy atom. The number of rotatable bonds is 9. The summed E-state index contributed by atoms with van der Waals surface area (Å²) in [6.07, 6.45) is 3.11. The predicted molar refractivity (Wildman–Crippen MR) is 125 cm³/mol.